The molecular weight excluding hydrogens is 410 g/mol. The van der Waals surface area contributed by atoms with Gasteiger partial charge < -0.3 is 4.84 Å². The highest BCUT2D eigenvalue weighted by Gasteiger charge is 2.34. The molecule has 2 aromatic carbocycles. The second-order valence-corrected chi connectivity index (χ2v) is 6.76. The van der Waals surface area contributed by atoms with Crippen molar-refractivity contribution in [3.05, 3.63) is 68.2 Å². The lowest BCUT2D eigenvalue weighted by Gasteiger charge is -2.15. The van der Waals surface area contributed by atoms with E-state index in [1.807, 2.05) is 6.92 Å². The summed E-state index contributed by atoms with van der Waals surface area (Å²) in [5.74, 6) is 0. The number of halogens is 6. The lowest BCUT2D eigenvalue weighted by atomic mass is 9.99. The van der Waals surface area contributed by atoms with Gasteiger partial charge in [-0.15, -0.1) is 0 Å². The van der Waals surface area contributed by atoms with Crippen LogP contribution in [0.25, 0.3) is 0 Å². The topological polar surface area (TPSA) is 21.6 Å². The van der Waals surface area contributed by atoms with Gasteiger partial charge in [0.25, 0.3) is 0 Å². The molecule has 2 rings (SSSR count). The summed E-state index contributed by atoms with van der Waals surface area (Å²) in [6.07, 6.45) is -3.63. The van der Waals surface area contributed by atoms with Gasteiger partial charge in [0, 0.05) is 26.2 Å². The van der Waals surface area contributed by atoms with Crippen LogP contribution in [0, 0.1) is 0 Å². The van der Waals surface area contributed by atoms with E-state index in [1.54, 1.807) is 18.2 Å². The third kappa shape index (κ3) is 5.53. The van der Waals surface area contributed by atoms with Crippen LogP contribution in [-0.4, -0.2) is 5.71 Å². The Kier molecular flexibility index (Phi) is 7.21. The Bertz CT molecular complexity index is 807. The van der Waals surface area contributed by atoms with Gasteiger partial charge in [0.2, 0.25) is 0 Å². The molecule has 0 aliphatic rings. The largest absolute Gasteiger partial charge is 0.417 e. The van der Waals surface area contributed by atoms with Crippen LogP contribution in [0.1, 0.15) is 36.5 Å². The van der Waals surface area contributed by atoms with Gasteiger partial charge >= 0.3 is 6.18 Å². The highest BCUT2D eigenvalue weighted by Crippen LogP contribution is 2.34. The maximum absolute atomic E-state index is 13.3. The van der Waals surface area contributed by atoms with Gasteiger partial charge in [-0.1, -0.05) is 59.4 Å². The molecule has 0 saturated heterocycles. The van der Waals surface area contributed by atoms with Crippen LogP contribution >= 0.6 is 34.8 Å². The highest BCUT2D eigenvalue weighted by atomic mass is 35.5. The Hall–Kier alpha value is -1.43. The lowest BCUT2D eigenvalue weighted by molar-refractivity contribution is -0.137. The van der Waals surface area contributed by atoms with Crippen molar-refractivity contribution in [2.75, 3.05) is 0 Å². The maximum atomic E-state index is 13.3. The molecular formula is C18H15Cl3F3NO. The first-order valence-corrected chi connectivity index (χ1v) is 8.85. The van der Waals surface area contributed by atoms with Crippen LogP contribution in [0.3, 0.4) is 0 Å². The maximum Gasteiger partial charge on any atom is 0.417 e. The van der Waals surface area contributed by atoms with E-state index >= 15 is 0 Å². The third-order valence-corrected chi connectivity index (χ3v) is 4.32. The standard InChI is InChI=1S/C18H15Cl3F3NO/c1-2-3-17(14-8-12(19)6-7-15(14)18(22,23)24)25-26-10-11-4-5-13(20)9-16(11)21/h4-9H,2-3,10H2,1H3. The average Bonchev–Trinajstić information content (AvgIpc) is 2.54. The van der Waals surface area contributed by atoms with Crippen LogP contribution < -0.4 is 0 Å². The summed E-state index contributed by atoms with van der Waals surface area (Å²) >= 11 is 17.8. The molecule has 0 amide bonds. The molecule has 0 unspecified atom stereocenters. The molecule has 140 valence electrons. The minimum Gasteiger partial charge on any atom is -0.391 e. The van der Waals surface area contributed by atoms with E-state index in [1.165, 1.54) is 12.1 Å². The minimum atomic E-state index is -4.52. The normalized spacial score (nSPS) is 12.3. The van der Waals surface area contributed by atoms with Gasteiger partial charge in [0.15, 0.2) is 0 Å². The van der Waals surface area contributed by atoms with E-state index in [0.717, 1.165) is 6.07 Å². The number of hydrogen-bond donors (Lipinski definition) is 0. The van der Waals surface area contributed by atoms with Crippen molar-refractivity contribution in [2.45, 2.75) is 32.5 Å². The first-order valence-electron chi connectivity index (χ1n) is 7.72. The summed E-state index contributed by atoms with van der Waals surface area (Å²) in [5, 5.41) is 4.98. The summed E-state index contributed by atoms with van der Waals surface area (Å²) in [4.78, 5) is 5.27. The molecule has 0 aliphatic heterocycles. The van der Waals surface area contributed by atoms with Crippen molar-refractivity contribution in [3.63, 3.8) is 0 Å². The molecule has 0 bridgehead atoms. The highest BCUT2D eigenvalue weighted by molar-refractivity contribution is 6.35. The Balaban J connectivity index is 2.31. The van der Waals surface area contributed by atoms with Crippen LogP contribution in [0.15, 0.2) is 41.6 Å². The first-order chi connectivity index (χ1) is 12.2. The summed E-state index contributed by atoms with van der Waals surface area (Å²) in [6, 6.07) is 8.25. The molecule has 0 atom stereocenters. The fourth-order valence-corrected chi connectivity index (χ4v) is 2.92. The molecule has 0 N–H and O–H groups in total. The summed E-state index contributed by atoms with van der Waals surface area (Å²) in [5.41, 5.74) is -0.0958. The molecule has 0 heterocycles. The predicted molar refractivity (Wildman–Crippen MR) is 99.2 cm³/mol. The van der Waals surface area contributed by atoms with Gasteiger partial charge in [0.1, 0.15) is 6.61 Å². The van der Waals surface area contributed by atoms with E-state index in [-0.39, 0.29) is 22.9 Å². The van der Waals surface area contributed by atoms with Gasteiger partial charge in [-0.2, -0.15) is 13.2 Å². The first kappa shape index (κ1) is 20.9. The van der Waals surface area contributed by atoms with Gasteiger partial charge in [-0.3, -0.25) is 0 Å². The summed E-state index contributed by atoms with van der Waals surface area (Å²) in [7, 11) is 0. The second kappa shape index (κ2) is 8.98. The third-order valence-electron chi connectivity index (χ3n) is 3.49. The molecule has 0 fully saturated rings. The zero-order valence-electron chi connectivity index (χ0n) is 13.7. The molecule has 26 heavy (non-hydrogen) atoms. The zero-order chi connectivity index (χ0) is 19.3. The second-order valence-electron chi connectivity index (χ2n) is 5.48. The molecule has 8 heteroatoms. The van der Waals surface area contributed by atoms with Crippen LogP contribution in [0.5, 0.6) is 0 Å². The SMILES string of the molecule is CCCC(=NOCc1ccc(Cl)cc1Cl)c1cc(Cl)ccc1C(F)(F)F. The number of rotatable bonds is 6. The molecule has 0 spiro atoms. The Morgan fingerprint density at radius 1 is 1.04 bits per heavy atom. The zero-order valence-corrected chi connectivity index (χ0v) is 16.0. The van der Waals surface area contributed by atoms with Crippen molar-refractivity contribution in [1.29, 1.82) is 0 Å². The molecule has 0 aromatic heterocycles. The predicted octanol–water partition coefficient (Wildman–Crippen LogP) is 7.39. The Labute approximate surface area is 164 Å². The van der Waals surface area contributed by atoms with Crippen LogP contribution in [0.2, 0.25) is 15.1 Å². The number of oxime groups is 1. The fourth-order valence-electron chi connectivity index (χ4n) is 2.29. The number of benzene rings is 2. The van der Waals surface area contributed by atoms with Crippen molar-refractivity contribution < 1.29 is 18.0 Å². The quantitative estimate of drug-likeness (QED) is 0.350. The van der Waals surface area contributed by atoms with Crippen LogP contribution in [-0.2, 0) is 17.6 Å². The smallest absolute Gasteiger partial charge is 0.391 e. The van der Waals surface area contributed by atoms with Crippen molar-refractivity contribution in [3.8, 4) is 0 Å². The van der Waals surface area contributed by atoms with E-state index < -0.39 is 11.7 Å². The van der Waals surface area contributed by atoms with Crippen molar-refractivity contribution in [2.24, 2.45) is 5.16 Å². The Morgan fingerprint density at radius 2 is 1.69 bits per heavy atom. The summed E-state index contributed by atoms with van der Waals surface area (Å²) in [6.45, 7) is 1.84. The van der Waals surface area contributed by atoms with Gasteiger partial charge in [-0.05, 0) is 36.8 Å². The Morgan fingerprint density at radius 3 is 2.31 bits per heavy atom. The van der Waals surface area contributed by atoms with Crippen molar-refractivity contribution >= 4 is 40.5 Å². The summed E-state index contributed by atoms with van der Waals surface area (Å²) < 4.78 is 39.9. The van der Waals surface area contributed by atoms with Crippen LogP contribution in [0.4, 0.5) is 13.2 Å². The van der Waals surface area contributed by atoms with Gasteiger partial charge in [0.05, 0.1) is 11.3 Å². The lowest BCUT2D eigenvalue weighted by Crippen LogP contribution is -2.14. The number of alkyl halides is 3. The van der Waals surface area contributed by atoms with E-state index in [2.05, 4.69) is 5.16 Å². The monoisotopic (exact) mass is 423 g/mol. The average molecular weight is 425 g/mol. The van der Waals surface area contributed by atoms with Crippen molar-refractivity contribution in [1.82, 2.24) is 0 Å². The number of nitrogens with zero attached hydrogens (tertiary/aromatic N) is 1. The van der Waals surface area contributed by atoms with E-state index in [4.69, 9.17) is 39.6 Å². The molecule has 0 aliphatic carbocycles. The number of hydrogen-bond acceptors (Lipinski definition) is 2. The van der Waals surface area contributed by atoms with Gasteiger partial charge in [-0.25, -0.2) is 0 Å². The molecule has 2 aromatic rings. The molecule has 0 saturated carbocycles. The minimum absolute atomic E-state index is 0.00509. The molecule has 2 nitrogen and oxygen atoms in total. The molecule has 0 radical (unpaired) electrons. The van der Waals surface area contributed by atoms with E-state index in [9.17, 15) is 13.2 Å². The van der Waals surface area contributed by atoms with E-state index in [0.29, 0.717) is 28.5 Å². The fraction of sp³-hybridized carbons (Fsp3) is 0.278.